The minimum absolute atomic E-state index is 0.0823. The van der Waals surface area contributed by atoms with Gasteiger partial charge in [0, 0.05) is 28.5 Å². The minimum Gasteiger partial charge on any atom is -0.355 e. The zero-order chi connectivity index (χ0) is 17.6. The van der Waals surface area contributed by atoms with Gasteiger partial charge >= 0.3 is 0 Å². The number of H-pyrrole nitrogens is 2. The summed E-state index contributed by atoms with van der Waals surface area (Å²) in [5.41, 5.74) is 3.17. The van der Waals surface area contributed by atoms with Crippen molar-refractivity contribution in [3.63, 3.8) is 0 Å². The van der Waals surface area contributed by atoms with Crippen molar-refractivity contribution in [1.29, 1.82) is 0 Å². The van der Waals surface area contributed by atoms with Crippen molar-refractivity contribution in [2.24, 2.45) is 0 Å². The highest BCUT2D eigenvalue weighted by molar-refractivity contribution is 6.32. The highest BCUT2D eigenvalue weighted by atomic mass is 35.5. The standard InChI is InChI=1S/C19H14ClN3O2/c1-21-18(24)15-14(10-5-3-2-4-6-10)17-16(23-19(15)25)12-9-11(20)7-8-13(12)22-17/h2-9,22H,1H3,(H,21,24)(H,23,25). The predicted octanol–water partition coefficient (Wildman–Crippen LogP) is 3.69. The quantitative estimate of drug-likeness (QED) is 0.515. The fourth-order valence-electron chi connectivity index (χ4n) is 3.13. The maximum atomic E-state index is 12.7. The number of halogens is 1. The molecule has 0 saturated carbocycles. The summed E-state index contributed by atoms with van der Waals surface area (Å²) in [4.78, 5) is 31.2. The number of carbonyl (C=O) groups is 1. The van der Waals surface area contributed by atoms with Gasteiger partial charge in [0.15, 0.2) is 0 Å². The smallest absolute Gasteiger partial charge is 0.262 e. The first-order valence-electron chi connectivity index (χ1n) is 7.75. The molecule has 1 amide bonds. The van der Waals surface area contributed by atoms with Crippen molar-refractivity contribution in [3.05, 3.63) is 69.5 Å². The summed E-state index contributed by atoms with van der Waals surface area (Å²) in [7, 11) is 1.51. The molecule has 4 rings (SSSR count). The first-order valence-corrected chi connectivity index (χ1v) is 8.12. The minimum atomic E-state index is -0.438. The zero-order valence-electron chi connectivity index (χ0n) is 13.3. The van der Waals surface area contributed by atoms with Crippen LogP contribution in [0.1, 0.15) is 10.4 Å². The van der Waals surface area contributed by atoms with Crippen molar-refractivity contribution >= 4 is 39.4 Å². The van der Waals surface area contributed by atoms with E-state index in [1.807, 2.05) is 36.4 Å². The molecule has 0 aliphatic carbocycles. The van der Waals surface area contributed by atoms with Crippen LogP contribution >= 0.6 is 11.6 Å². The summed E-state index contributed by atoms with van der Waals surface area (Å²) in [6.45, 7) is 0. The molecule has 0 spiro atoms. The normalized spacial score (nSPS) is 11.1. The van der Waals surface area contributed by atoms with E-state index >= 15 is 0 Å². The lowest BCUT2D eigenvalue weighted by Crippen LogP contribution is -2.27. The van der Waals surface area contributed by atoms with Crippen LogP contribution in [0.2, 0.25) is 5.02 Å². The number of nitrogens with one attached hydrogen (secondary N) is 3. The SMILES string of the molecule is CNC(=O)c1c(-c2ccccc2)c2[nH]c3ccc(Cl)cc3c2[nH]c1=O. The second-order valence-corrected chi connectivity index (χ2v) is 6.15. The molecule has 2 aromatic heterocycles. The third-order valence-electron chi connectivity index (χ3n) is 4.24. The number of benzene rings is 2. The van der Waals surface area contributed by atoms with Gasteiger partial charge in [0.25, 0.3) is 11.5 Å². The average molecular weight is 352 g/mol. The second-order valence-electron chi connectivity index (χ2n) is 5.71. The summed E-state index contributed by atoms with van der Waals surface area (Å²) < 4.78 is 0. The average Bonchev–Trinajstić information content (AvgIpc) is 2.98. The molecule has 0 bridgehead atoms. The molecule has 0 fully saturated rings. The van der Waals surface area contributed by atoms with Gasteiger partial charge in [-0.15, -0.1) is 0 Å². The predicted molar refractivity (Wildman–Crippen MR) is 100 cm³/mol. The third-order valence-corrected chi connectivity index (χ3v) is 4.48. The van der Waals surface area contributed by atoms with Crippen LogP contribution in [0, 0.1) is 0 Å². The maximum absolute atomic E-state index is 12.7. The zero-order valence-corrected chi connectivity index (χ0v) is 14.1. The van der Waals surface area contributed by atoms with E-state index in [0.29, 0.717) is 21.6 Å². The van der Waals surface area contributed by atoms with E-state index in [1.165, 1.54) is 7.05 Å². The first-order chi connectivity index (χ1) is 12.1. The summed E-state index contributed by atoms with van der Waals surface area (Å²) in [6, 6.07) is 14.8. The van der Waals surface area contributed by atoms with E-state index < -0.39 is 11.5 Å². The van der Waals surface area contributed by atoms with E-state index in [0.717, 1.165) is 16.5 Å². The molecule has 25 heavy (non-hydrogen) atoms. The van der Waals surface area contributed by atoms with Gasteiger partial charge < -0.3 is 15.3 Å². The summed E-state index contributed by atoms with van der Waals surface area (Å²) in [5.74, 6) is -0.432. The Morgan fingerprint density at radius 1 is 1.04 bits per heavy atom. The van der Waals surface area contributed by atoms with E-state index in [2.05, 4.69) is 15.3 Å². The number of carbonyl (C=O) groups excluding carboxylic acids is 1. The molecule has 0 aliphatic heterocycles. The molecule has 2 heterocycles. The molecule has 0 atom stereocenters. The highest BCUT2D eigenvalue weighted by Gasteiger charge is 2.22. The van der Waals surface area contributed by atoms with Gasteiger partial charge in [-0.2, -0.15) is 0 Å². The fourth-order valence-corrected chi connectivity index (χ4v) is 3.30. The van der Waals surface area contributed by atoms with E-state index in [9.17, 15) is 9.59 Å². The number of pyridine rings is 1. The van der Waals surface area contributed by atoms with E-state index in [4.69, 9.17) is 11.6 Å². The molecule has 3 N–H and O–H groups in total. The van der Waals surface area contributed by atoms with Crippen LogP contribution in [0.5, 0.6) is 0 Å². The molecule has 124 valence electrons. The molecule has 0 unspecified atom stereocenters. The van der Waals surface area contributed by atoms with Crippen LogP contribution in [-0.2, 0) is 0 Å². The Hall–Kier alpha value is -3.05. The van der Waals surface area contributed by atoms with Gasteiger partial charge in [0.05, 0.1) is 11.0 Å². The fraction of sp³-hybridized carbons (Fsp3) is 0.0526. The van der Waals surface area contributed by atoms with Crippen LogP contribution in [0.25, 0.3) is 33.1 Å². The molecular formula is C19H14ClN3O2. The highest BCUT2D eigenvalue weighted by Crippen LogP contribution is 2.33. The van der Waals surface area contributed by atoms with Crippen molar-refractivity contribution in [2.75, 3.05) is 7.05 Å². The van der Waals surface area contributed by atoms with Crippen LogP contribution in [0.4, 0.5) is 0 Å². The summed E-state index contributed by atoms with van der Waals surface area (Å²) >= 11 is 6.11. The van der Waals surface area contributed by atoms with Crippen LogP contribution in [0.15, 0.2) is 53.3 Å². The topological polar surface area (TPSA) is 77.8 Å². The van der Waals surface area contributed by atoms with Gasteiger partial charge in [0.2, 0.25) is 0 Å². The van der Waals surface area contributed by atoms with Crippen LogP contribution < -0.4 is 10.9 Å². The summed E-state index contributed by atoms with van der Waals surface area (Å²) in [5, 5.41) is 3.93. The van der Waals surface area contributed by atoms with Gasteiger partial charge in [-0.3, -0.25) is 9.59 Å². The van der Waals surface area contributed by atoms with Gasteiger partial charge in [-0.05, 0) is 23.8 Å². The van der Waals surface area contributed by atoms with Crippen molar-refractivity contribution in [2.45, 2.75) is 0 Å². The number of amides is 1. The lowest BCUT2D eigenvalue weighted by Gasteiger charge is -2.09. The Balaban J connectivity index is 2.22. The van der Waals surface area contributed by atoms with Gasteiger partial charge in [-0.1, -0.05) is 41.9 Å². The number of aromatic amines is 2. The van der Waals surface area contributed by atoms with Crippen molar-refractivity contribution < 1.29 is 4.79 Å². The lowest BCUT2D eigenvalue weighted by atomic mass is 9.99. The van der Waals surface area contributed by atoms with Gasteiger partial charge in [0.1, 0.15) is 5.56 Å². The number of rotatable bonds is 2. The number of fused-ring (bicyclic) bond motifs is 3. The summed E-state index contributed by atoms with van der Waals surface area (Å²) in [6.07, 6.45) is 0. The Morgan fingerprint density at radius 3 is 2.52 bits per heavy atom. The Morgan fingerprint density at radius 2 is 1.80 bits per heavy atom. The Kier molecular flexibility index (Phi) is 3.58. The van der Waals surface area contributed by atoms with Crippen LogP contribution in [0.3, 0.4) is 0 Å². The van der Waals surface area contributed by atoms with Crippen molar-refractivity contribution in [1.82, 2.24) is 15.3 Å². The molecule has 4 aromatic rings. The van der Waals surface area contributed by atoms with Gasteiger partial charge in [-0.25, -0.2) is 0 Å². The first kappa shape index (κ1) is 15.5. The molecule has 0 saturated heterocycles. The van der Waals surface area contributed by atoms with E-state index in [1.54, 1.807) is 12.1 Å². The number of aromatic nitrogens is 2. The molecule has 2 aromatic carbocycles. The largest absolute Gasteiger partial charge is 0.355 e. The van der Waals surface area contributed by atoms with Crippen LogP contribution in [-0.4, -0.2) is 22.9 Å². The monoisotopic (exact) mass is 351 g/mol. The Bertz CT molecular complexity index is 1180. The number of hydrogen-bond donors (Lipinski definition) is 3. The third kappa shape index (κ3) is 2.40. The Labute approximate surface area is 147 Å². The molecular weight excluding hydrogens is 338 g/mol. The maximum Gasteiger partial charge on any atom is 0.262 e. The second kappa shape index (κ2) is 5.79. The molecule has 6 heteroatoms. The van der Waals surface area contributed by atoms with E-state index in [-0.39, 0.29) is 5.56 Å². The molecule has 0 radical (unpaired) electrons. The molecule has 5 nitrogen and oxygen atoms in total. The lowest BCUT2D eigenvalue weighted by molar-refractivity contribution is 0.0962. The molecule has 0 aliphatic rings. The van der Waals surface area contributed by atoms with Crippen molar-refractivity contribution in [3.8, 4) is 11.1 Å². The number of hydrogen-bond acceptors (Lipinski definition) is 2.